The summed E-state index contributed by atoms with van der Waals surface area (Å²) in [4.78, 5) is 20.5. The van der Waals surface area contributed by atoms with Gasteiger partial charge in [-0.15, -0.1) is 11.3 Å². The summed E-state index contributed by atoms with van der Waals surface area (Å²) in [5, 5.41) is 12.0. The average Bonchev–Trinajstić information content (AvgIpc) is 3.24. The van der Waals surface area contributed by atoms with Crippen LogP contribution in [-0.4, -0.2) is 25.6 Å². The zero-order chi connectivity index (χ0) is 19.0. The summed E-state index contributed by atoms with van der Waals surface area (Å²) >= 11 is 1.57. The Labute approximate surface area is 160 Å². The van der Waals surface area contributed by atoms with E-state index in [4.69, 9.17) is 10.1 Å². The van der Waals surface area contributed by atoms with Crippen LogP contribution in [0.3, 0.4) is 0 Å². The monoisotopic (exact) mass is 375 g/mol. The number of benzene rings is 2. The summed E-state index contributed by atoms with van der Waals surface area (Å²) < 4.78 is 2.06. The van der Waals surface area contributed by atoms with Gasteiger partial charge in [0.25, 0.3) is 0 Å². The summed E-state index contributed by atoms with van der Waals surface area (Å²) in [5.74, 6) is -0.107. The van der Waals surface area contributed by atoms with Crippen LogP contribution < -0.4 is 0 Å². The van der Waals surface area contributed by atoms with Crippen LogP contribution in [0.1, 0.15) is 32.4 Å². The van der Waals surface area contributed by atoms with E-state index in [0.717, 1.165) is 38.7 Å². The van der Waals surface area contributed by atoms with Gasteiger partial charge in [-0.3, -0.25) is 0 Å². The first-order chi connectivity index (χ1) is 13.0. The molecule has 6 heteroatoms. The van der Waals surface area contributed by atoms with E-state index in [9.17, 15) is 4.79 Å². The molecule has 27 heavy (non-hydrogen) atoms. The van der Waals surface area contributed by atoms with Crippen LogP contribution in [0.4, 0.5) is 0 Å². The van der Waals surface area contributed by atoms with Crippen molar-refractivity contribution >= 4 is 40.0 Å². The normalized spacial score (nSPS) is 11.9. The SMILES string of the molecule is Cc1csc(/C(=C/c2ccc(C(=O)O)cc2)c2nc3ccccc3n2C)n1. The minimum Gasteiger partial charge on any atom is -0.478 e. The topological polar surface area (TPSA) is 68.0 Å². The van der Waals surface area contributed by atoms with Crippen molar-refractivity contribution in [2.24, 2.45) is 7.05 Å². The highest BCUT2D eigenvalue weighted by atomic mass is 32.1. The zero-order valence-electron chi connectivity index (χ0n) is 14.9. The summed E-state index contributed by atoms with van der Waals surface area (Å²) in [5.41, 5.74) is 5.01. The lowest BCUT2D eigenvalue weighted by Crippen LogP contribution is -1.99. The van der Waals surface area contributed by atoms with Gasteiger partial charge in [0, 0.05) is 18.1 Å². The molecule has 134 valence electrons. The molecule has 0 atom stereocenters. The minimum absolute atomic E-state index is 0.265. The number of aromatic nitrogens is 3. The number of para-hydroxylation sites is 2. The van der Waals surface area contributed by atoms with Gasteiger partial charge in [-0.1, -0.05) is 24.3 Å². The van der Waals surface area contributed by atoms with Gasteiger partial charge in [-0.2, -0.15) is 0 Å². The van der Waals surface area contributed by atoms with Crippen molar-refractivity contribution in [1.82, 2.24) is 14.5 Å². The molecule has 0 aliphatic heterocycles. The van der Waals surface area contributed by atoms with Crippen molar-refractivity contribution in [2.75, 3.05) is 0 Å². The maximum absolute atomic E-state index is 11.1. The first-order valence-corrected chi connectivity index (χ1v) is 9.30. The van der Waals surface area contributed by atoms with Crippen molar-refractivity contribution in [3.05, 3.63) is 81.6 Å². The molecule has 0 bridgehead atoms. The first kappa shape index (κ1) is 17.2. The van der Waals surface area contributed by atoms with Gasteiger partial charge in [-0.25, -0.2) is 14.8 Å². The molecule has 0 fully saturated rings. The maximum atomic E-state index is 11.1. The Bertz CT molecular complexity index is 1170. The number of thiazole rings is 1. The molecule has 0 radical (unpaired) electrons. The second-order valence-corrected chi connectivity index (χ2v) is 7.12. The van der Waals surface area contributed by atoms with Crippen LogP contribution in [0.2, 0.25) is 0 Å². The molecule has 0 saturated carbocycles. The Balaban J connectivity index is 1.89. The van der Waals surface area contributed by atoms with Crippen LogP contribution >= 0.6 is 11.3 Å². The van der Waals surface area contributed by atoms with Crippen molar-refractivity contribution in [1.29, 1.82) is 0 Å². The van der Waals surface area contributed by atoms with Crippen LogP contribution in [0.15, 0.2) is 53.9 Å². The van der Waals surface area contributed by atoms with Crippen LogP contribution in [-0.2, 0) is 7.05 Å². The average molecular weight is 375 g/mol. The Morgan fingerprint density at radius 1 is 1.11 bits per heavy atom. The molecule has 0 unspecified atom stereocenters. The molecular weight excluding hydrogens is 358 g/mol. The highest BCUT2D eigenvalue weighted by Gasteiger charge is 2.17. The van der Waals surface area contributed by atoms with E-state index in [1.807, 2.05) is 49.7 Å². The summed E-state index contributed by atoms with van der Waals surface area (Å²) in [7, 11) is 1.99. The lowest BCUT2D eigenvalue weighted by atomic mass is 10.1. The molecule has 2 heterocycles. The summed E-state index contributed by atoms with van der Waals surface area (Å²) in [6.07, 6.45) is 2.01. The second kappa shape index (κ2) is 6.81. The molecule has 0 aliphatic carbocycles. The predicted molar refractivity (Wildman–Crippen MR) is 108 cm³/mol. The van der Waals surface area contributed by atoms with E-state index in [1.165, 1.54) is 0 Å². The predicted octanol–water partition coefficient (Wildman–Crippen LogP) is 4.63. The number of imidazole rings is 1. The number of rotatable bonds is 4. The third-order valence-electron chi connectivity index (χ3n) is 4.35. The number of nitrogens with zero attached hydrogens (tertiary/aromatic N) is 3. The van der Waals surface area contributed by atoms with Gasteiger partial charge < -0.3 is 9.67 Å². The quantitative estimate of drug-likeness (QED) is 0.565. The van der Waals surface area contributed by atoms with Gasteiger partial charge >= 0.3 is 5.97 Å². The molecule has 0 saturated heterocycles. The largest absolute Gasteiger partial charge is 0.478 e. The molecule has 0 aliphatic rings. The fourth-order valence-electron chi connectivity index (χ4n) is 2.97. The molecule has 2 aromatic carbocycles. The molecular formula is C21H17N3O2S. The molecule has 2 aromatic heterocycles. The number of aromatic carboxylic acids is 1. The Hall–Kier alpha value is -3.25. The summed E-state index contributed by atoms with van der Waals surface area (Å²) in [6.45, 7) is 1.97. The lowest BCUT2D eigenvalue weighted by Gasteiger charge is -2.06. The van der Waals surface area contributed by atoms with Crippen LogP contribution in [0.5, 0.6) is 0 Å². The smallest absolute Gasteiger partial charge is 0.335 e. The van der Waals surface area contributed by atoms with Crippen molar-refractivity contribution in [2.45, 2.75) is 6.92 Å². The fraction of sp³-hybridized carbons (Fsp3) is 0.0952. The minimum atomic E-state index is -0.934. The van der Waals surface area contributed by atoms with Crippen LogP contribution in [0.25, 0.3) is 22.7 Å². The Morgan fingerprint density at radius 3 is 2.48 bits per heavy atom. The van der Waals surface area contributed by atoms with Gasteiger partial charge in [0.2, 0.25) is 0 Å². The van der Waals surface area contributed by atoms with E-state index in [2.05, 4.69) is 9.55 Å². The van der Waals surface area contributed by atoms with Gasteiger partial charge in [0.1, 0.15) is 10.8 Å². The van der Waals surface area contributed by atoms with Crippen LogP contribution in [0, 0.1) is 6.92 Å². The van der Waals surface area contributed by atoms with Crippen molar-refractivity contribution in [3.8, 4) is 0 Å². The number of carboxylic acids is 1. The molecule has 1 N–H and O–H groups in total. The van der Waals surface area contributed by atoms with Gasteiger partial charge in [0.15, 0.2) is 0 Å². The van der Waals surface area contributed by atoms with E-state index in [1.54, 1.807) is 35.6 Å². The lowest BCUT2D eigenvalue weighted by molar-refractivity contribution is 0.0697. The highest BCUT2D eigenvalue weighted by Crippen LogP contribution is 2.30. The Kier molecular flexibility index (Phi) is 4.33. The molecule has 4 rings (SSSR count). The Morgan fingerprint density at radius 2 is 1.85 bits per heavy atom. The van der Waals surface area contributed by atoms with E-state index in [-0.39, 0.29) is 5.56 Å². The number of aryl methyl sites for hydroxylation is 2. The molecule has 5 nitrogen and oxygen atoms in total. The number of carboxylic acid groups (broad SMARTS) is 1. The molecule has 0 spiro atoms. The highest BCUT2D eigenvalue weighted by molar-refractivity contribution is 7.11. The first-order valence-electron chi connectivity index (χ1n) is 8.42. The van der Waals surface area contributed by atoms with Crippen molar-refractivity contribution in [3.63, 3.8) is 0 Å². The second-order valence-electron chi connectivity index (χ2n) is 6.26. The van der Waals surface area contributed by atoms with Gasteiger partial charge in [-0.05, 0) is 42.8 Å². The zero-order valence-corrected chi connectivity index (χ0v) is 15.7. The number of hydrogen-bond donors (Lipinski definition) is 1. The third kappa shape index (κ3) is 3.27. The molecule has 0 amide bonds. The van der Waals surface area contributed by atoms with Gasteiger partial charge in [0.05, 0.1) is 22.2 Å². The van der Waals surface area contributed by atoms with E-state index >= 15 is 0 Å². The maximum Gasteiger partial charge on any atom is 0.335 e. The molecule has 4 aromatic rings. The number of fused-ring (bicyclic) bond motifs is 1. The van der Waals surface area contributed by atoms with Crippen molar-refractivity contribution < 1.29 is 9.90 Å². The number of carbonyl (C=O) groups is 1. The third-order valence-corrected chi connectivity index (χ3v) is 5.34. The van der Waals surface area contributed by atoms with E-state index in [0.29, 0.717) is 0 Å². The summed E-state index contributed by atoms with van der Waals surface area (Å²) in [6, 6.07) is 14.8. The number of hydrogen-bond acceptors (Lipinski definition) is 4. The fourth-order valence-corrected chi connectivity index (χ4v) is 3.78. The van der Waals surface area contributed by atoms with E-state index < -0.39 is 5.97 Å². The standard InChI is InChI=1S/C21H17N3O2S/c1-13-12-27-20(22-13)16(11-14-7-9-15(10-8-14)21(25)26)19-23-17-5-3-4-6-18(17)24(19)2/h3-12H,1-2H3,(H,25,26)/b16-11+.